The van der Waals surface area contributed by atoms with Gasteiger partial charge in [0.05, 0.1) is 12.3 Å². The van der Waals surface area contributed by atoms with Crippen molar-refractivity contribution in [3.63, 3.8) is 0 Å². The SMILES string of the molecule is CC12CCC(O)CC1=CCC1C2CCC2(C)C(c3cncc(F)c3)=CC[C@@H]12. The highest BCUT2D eigenvalue weighted by molar-refractivity contribution is 5.72. The summed E-state index contributed by atoms with van der Waals surface area (Å²) in [5, 5.41) is 10.1. The number of nitrogens with zero attached hydrogens (tertiary/aromatic N) is 1. The lowest BCUT2D eigenvalue weighted by Gasteiger charge is -2.57. The molecule has 2 saturated carbocycles. The number of halogens is 1. The molecule has 27 heavy (non-hydrogen) atoms. The summed E-state index contributed by atoms with van der Waals surface area (Å²) >= 11 is 0. The van der Waals surface area contributed by atoms with E-state index in [1.165, 1.54) is 30.2 Å². The summed E-state index contributed by atoms with van der Waals surface area (Å²) in [6.07, 6.45) is 15.4. The molecular weight excluding hydrogens is 337 g/mol. The van der Waals surface area contributed by atoms with Crippen LogP contribution < -0.4 is 0 Å². The summed E-state index contributed by atoms with van der Waals surface area (Å²) < 4.78 is 13.8. The molecule has 0 aliphatic heterocycles. The second-order valence-electron chi connectivity index (χ2n) is 9.86. The number of allylic oxidation sites excluding steroid dienone is 3. The third-order valence-corrected chi connectivity index (χ3v) is 8.67. The molecule has 4 aliphatic carbocycles. The van der Waals surface area contributed by atoms with Crippen molar-refractivity contribution >= 4 is 5.57 Å². The van der Waals surface area contributed by atoms with Crippen LogP contribution >= 0.6 is 0 Å². The first-order valence-electron chi connectivity index (χ1n) is 10.6. The average Bonchev–Trinajstić information content (AvgIpc) is 2.99. The predicted octanol–water partition coefficient (Wildman–Crippen LogP) is 5.54. The van der Waals surface area contributed by atoms with Gasteiger partial charge in [-0.1, -0.05) is 31.6 Å². The van der Waals surface area contributed by atoms with Crippen LogP contribution in [-0.4, -0.2) is 16.2 Å². The third-order valence-electron chi connectivity index (χ3n) is 8.67. The lowest BCUT2D eigenvalue weighted by Crippen LogP contribution is -2.49. The van der Waals surface area contributed by atoms with E-state index < -0.39 is 0 Å². The predicted molar refractivity (Wildman–Crippen MR) is 105 cm³/mol. The standard InChI is InChI=1S/C24H30FNO/c1-23-9-7-18(27)12-16(23)3-4-19-21-6-5-20(15-11-17(25)14-26-13-15)24(21,2)10-8-22(19)23/h3,5,11,13-14,18-19,21-22,27H,4,6-10,12H2,1-2H3/t18?,19?,21-,22?,23?,24?/m0/s1. The summed E-state index contributed by atoms with van der Waals surface area (Å²) in [5.74, 6) is 1.81. The van der Waals surface area contributed by atoms with Crippen LogP contribution in [0.3, 0.4) is 0 Å². The Bertz CT molecular complexity index is 829. The van der Waals surface area contributed by atoms with Gasteiger partial charge in [0.15, 0.2) is 0 Å². The van der Waals surface area contributed by atoms with Gasteiger partial charge in [0.2, 0.25) is 0 Å². The molecule has 1 heterocycles. The van der Waals surface area contributed by atoms with E-state index in [0.717, 1.165) is 43.6 Å². The zero-order chi connectivity index (χ0) is 18.8. The van der Waals surface area contributed by atoms with Crippen LogP contribution in [0.4, 0.5) is 4.39 Å². The molecule has 3 heteroatoms. The topological polar surface area (TPSA) is 33.1 Å². The van der Waals surface area contributed by atoms with Crippen molar-refractivity contribution in [2.24, 2.45) is 28.6 Å². The van der Waals surface area contributed by atoms with E-state index in [9.17, 15) is 9.50 Å². The molecule has 5 rings (SSSR count). The Morgan fingerprint density at radius 1 is 1.04 bits per heavy atom. The zero-order valence-electron chi connectivity index (χ0n) is 16.4. The Morgan fingerprint density at radius 2 is 1.85 bits per heavy atom. The summed E-state index contributed by atoms with van der Waals surface area (Å²) in [6.45, 7) is 4.87. The Balaban J connectivity index is 1.48. The molecule has 0 radical (unpaired) electrons. The summed E-state index contributed by atoms with van der Waals surface area (Å²) in [6, 6.07) is 1.65. The average molecular weight is 368 g/mol. The van der Waals surface area contributed by atoms with Crippen LogP contribution in [0.15, 0.2) is 36.2 Å². The molecule has 1 aromatic rings. The number of pyridine rings is 1. The largest absolute Gasteiger partial charge is 0.393 e. The van der Waals surface area contributed by atoms with Crippen LogP contribution in [0.25, 0.3) is 5.57 Å². The highest BCUT2D eigenvalue weighted by Gasteiger charge is 2.56. The van der Waals surface area contributed by atoms with Crippen LogP contribution in [0.5, 0.6) is 0 Å². The molecule has 1 aromatic heterocycles. The van der Waals surface area contributed by atoms with E-state index in [1.54, 1.807) is 6.07 Å². The quantitative estimate of drug-likeness (QED) is 0.661. The molecule has 0 spiro atoms. The maximum Gasteiger partial charge on any atom is 0.142 e. The van der Waals surface area contributed by atoms with Gasteiger partial charge in [0.1, 0.15) is 5.82 Å². The Morgan fingerprint density at radius 3 is 2.67 bits per heavy atom. The molecule has 0 bridgehead atoms. The molecule has 1 N–H and O–H groups in total. The van der Waals surface area contributed by atoms with Gasteiger partial charge in [-0.2, -0.15) is 0 Å². The van der Waals surface area contributed by atoms with E-state index in [4.69, 9.17) is 0 Å². The lowest BCUT2D eigenvalue weighted by atomic mass is 9.47. The van der Waals surface area contributed by atoms with E-state index in [0.29, 0.717) is 11.8 Å². The van der Waals surface area contributed by atoms with Crippen molar-refractivity contribution in [3.8, 4) is 0 Å². The number of rotatable bonds is 1. The Labute approximate surface area is 161 Å². The number of hydrogen-bond donors (Lipinski definition) is 1. The maximum absolute atomic E-state index is 13.8. The van der Waals surface area contributed by atoms with Gasteiger partial charge in [-0.3, -0.25) is 4.98 Å². The maximum atomic E-state index is 13.8. The van der Waals surface area contributed by atoms with Gasteiger partial charge in [-0.05, 0) is 90.7 Å². The van der Waals surface area contributed by atoms with Gasteiger partial charge in [0.25, 0.3) is 0 Å². The second kappa shape index (κ2) is 6.01. The monoisotopic (exact) mass is 367 g/mol. The molecule has 0 amide bonds. The second-order valence-corrected chi connectivity index (χ2v) is 9.86. The molecular formula is C24H30FNO. The first-order chi connectivity index (χ1) is 12.9. The first kappa shape index (κ1) is 17.6. The van der Waals surface area contributed by atoms with Gasteiger partial charge in [0, 0.05) is 6.20 Å². The fourth-order valence-electron chi connectivity index (χ4n) is 7.22. The molecule has 6 atom stereocenters. The van der Waals surface area contributed by atoms with Gasteiger partial charge < -0.3 is 5.11 Å². The smallest absolute Gasteiger partial charge is 0.142 e. The van der Waals surface area contributed by atoms with E-state index in [1.807, 2.05) is 6.20 Å². The molecule has 0 saturated heterocycles. The number of aliphatic hydroxyl groups is 1. The van der Waals surface area contributed by atoms with E-state index >= 15 is 0 Å². The minimum absolute atomic E-state index is 0.131. The Hall–Kier alpha value is -1.48. The van der Waals surface area contributed by atoms with Crippen LogP contribution in [0.1, 0.15) is 64.4 Å². The van der Waals surface area contributed by atoms with Gasteiger partial charge in [-0.25, -0.2) is 4.39 Å². The molecule has 4 aliphatic rings. The lowest BCUT2D eigenvalue weighted by molar-refractivity contribution is -0.0238. The fraction of sp³-hybridized carbons (Fsp3) is 0.625. The van der Waals surface area contributed by atoms with Crippen molar-refractivity contribution in [1.29, 1.82) is 0 Å². The summed E-state index contributed by atoms with van der Waals surface area (Å²) in [7, 11) is 0. The van der Waals surface area contributed by atoms with Crippen molar-refractivity contribution < 1.29 is 9.50 Å². The van der Waals surface area contributed by atoms with Crippen molar-refractivity contribution in [2.75, 3.05) is 0 Å². The Kier molecular flexibility index (Phi) is 3.92. The highest BCUT2D eigenvalue weighted by atomic mass is 19.1. The number of hydrogen-bond acceptors (Lipinski definition) is 2. The highest BCUT2D eigenvalue weighted by Crippen LogP contribution is 2.66. The van der Waals surface area contributed by atoms with Crippen molar-refractivity contribution in [2.45, 2.75) is 64.9 Å². The third kappa shape index (κ3) is 2.50. The van der Waals surface area contributed by atoms with E-state index in [-0.39, 0.29) is 22.8 Å². The van der Waals surface area contributed by atoms with Crippen LogP contribution in [-0.2, 0) is 0 Å². The van der Waals surface area contributed by atoms with Gasteiger partial charge in [-0.15, -0.1) is 0 Å². The summed E-state index contributed by atoms with van der Waals surface area (Å²) in [4.78, 5) is 4.10. The molecule has 5 unspecified atom stereocenters. The van der Waals surface area contributed by atoms with E-state index in [2.05, 4.69) is 31.0 Å². The minimum Gasteiger partial charge on any atom is -0.393 e. The zero-order valence-corrected chi connectivity index (χ0v) is 16.4. The minimum atomic E-state index is -0.243. The normalized spacial score (nSPS) is 43.3. The fourth-order valence-corrected chi connectivity index (χ4v) is 7.22. The molecule has 2 nitrogen and oxygen atoms in total. The molecule has 144 valence electrons. The van der Waals surface area contributed by atoms with Crippen molar-refractivity contribution in [1.82, 2.24) is 4.98 Å². The summed E-state index contributed by atoms with van der Waals surface area (Å²) in [5.41, 5.74) is 4.21. The van der Waals surface area contributed by atoms with Crippen LogP contribution in [0.2, 0.25) is 0 Å². The number of fused-ring (bicyclic) bond motifs is 5. The van der Waals surface area contributed by atoms with Gasteiger partial charge >= 0.3 is 0 Å². The molecule has 0 aromatic carbocycles. The van der Waals surface area contributed by atoms with Crippen molar-refractivity contribution in [3.05, 3.63) is 47.6 Å². The van der Waals surface area contributed by atoms with Crippen LogP contribution in [0, 0.1) is 34.4 Å². The first-order valence-corrected chi connectivity index (χ1v) is 10.6. The number of aromatic nitrogens is 1. The molecule has 2 fully saturated rings. The number of aliphatic hydroxyl groups excluding tert-OH is 1.